The van der Waals surface area contributed by atoms with Crippen molar-refractivity contribution in [3.63, 3.8) is 0 Å². The molecule has 1 aromatic carbocycles. The molecule has 0 unspecified atom stereocenters. The van der Waals surface area contributed by atoms with Crippen LogP contribution in [0.1, 0.15) is 33.3 Å². The highest BCUT2D eigenvalue weighted by molar-refractivity contribution is 7.54. The Morgan fingerprint density at radius 3 is 1.95 bits per heavy atom. The fourth-order valence-corrected chi connectivity index (χ4v) is 3.79. The molecule has 1 atom stereocenters. The van der Waals surface area contributed by atoms with Gasteiger partial charge in [0.05, 0.1) is 12.2 Å². The molecule has 0 amide bonds. The SMILES string of the molecule is CC(C)OP(=O)(OC(C)C)[C@@H]([NH3+])Cc1ccccc1. The van der Waals surface area contributed by atoms with Gasteiger partial charge in [0.2, 0.25) is 0 Å². The maximum Gasteiger partial charge on any atom is 0.388 e. The van der Waals surface area contributed by atoms with Crippen molar-refractivity contribution in [2.75, 3.05) is 0 Å². The summed E-state index contributed by atoms with van der Waals surface area (Å²) in [5.41, 5.74) is 5.08. The van der Waals surface area contributed by atoms with Crippen molar-refractivity contribution in [2.24, 2.45) is 0 Å². The molecule has 0 aliphatic carbocycles. The Morgan fingerprint density at radius 2 is 1.53 bits per heavy atom. The summed E-state index contributed by atoms with van der Waals surface area (Å²) in [6.45, 7) is 7.41. The van der Waals surface area contributed by atoms with Gasteiger partial charge < -0.3 is 14.8 Å². The third-order valence-electron chi connectivity index (χ3n) is 2.48. The summed E-state index contributed by atoms with van der Waals surface area (Å²) in [5, 5.41) is 0. The fourth-order valence-electron chi connectivity index (χ4n) is 1.78. The Hall–Kier alpha value is -0.670. The zero-order valence-electron chi connectivity index (χ0n) is 12.2. The predicted molar refractivity (Wildman–Crippen MR) is 76.9 cm³/mol. The van der Waals surface area contributed by atoms with Gasteiger partial charge in [-0.2, -0.15) is 0 Å². The van der Waals surface area contributed by atoms with E-state index in [-0.39, 0.29) is 12.2 Å². The van der Waals surface area contributed by atoms with Crippen molar-refractivity contribution in [1.29, 1.82) is 0 Å². The third kappa shape index (κ3) is 5.45. The molecule has 108 valence electrons. The third-order valence-corrected chi connectivity index (χ3v) is 4.98. The van der Waals surface area contributed by atoms with Crippen molar-refractivity contribution in [3.05, 3.63) is 35.9 Å². The molecule has 0 saturated carbocycles. The first-order valence-corrected chi connectivity index (χ1v) is 8.28. The highest BCUT2D eigenvalue weighted by atomic mass is 31.2. The van der Waals surface area contributed by atoms with E-state index in [1.165, 1.54) is 0 Å². The zero-order valence-corrected chi connectivity index (χ0v) is 13.1. The van der Waals surface area contributed by atoms with Gasteiger partial charge in [-0.25, -0.2) is 0 Å². The van der Waals surface area contributed by atoms with E-state index in [0.29, 0.717) is 6.42 Å². The van der Waals surface area contributed by atoms with Gasteiger partial charge in [0.15, 0.2) is 5.78 Å². The van der Waals surface area contributed by atoms with Crippen molar-refractivity contribution in [1.82, 2.24) is 0 Å². The molecule has 0 aromatic heterocycles. The number of rotatable bonds is 7. The first kappa shape index (κ1) is 16.4. The van der Waals surface area contributed by atoms with Crippen LogP contribution in [0, 0.1) is 0 Å². The topological polar surface area (TPSA) is 63.2 Å². The maximum absolute atomic E-state index is 12.8. The van der Waals surface area contributed by atoms with Crippen LogP contribution in [-0.4, -0.2) is 18.0 Å². The summed E-state index contributed by atoms with van der Waals surface area (Å²) in [6.07, 6.45) is 0.284. The summed E-state index contributed by atoms with van der Waals surface area (Å²) in [6, 6.07) is 9.86. The van der Waals surface area contributed by atoms with Crippen LogP contribution in [0.4, 0.5) is 0 Å². The second kappa shape index (κ2) is 7.20. The van der Waals surface area contributed by atoms with Crippen LogP contribution in [0.2, 0.25) is 0 Å². The van der Waals surface area contributed by atoms with Gasteiger partial charge >= 0.3 is 7.60 Å². The van der Waals surface area contributed by atoms with Gasteiger partial charge in [-0.1, -0.05) is 30.3 Å². The van der Waals surface area contributed by atoms with Crippen LogP contribution in [0.25, 0.3) is 0 Å². The molecule has 5 heteroatoms. The molecule has 0 spiro atoms. The Labute approximate surface area is 115 Å². The van der Waals surface area contributed by atoms with Gasteiger partial charge in [0.1, 0.15) is 0 Å². The highest BCUT2D eigenvalue weighted by Gasteiger charge is 2.38. The highest BCUT2D eigenvalue weighted by Crippen LogP contribution is 2.53. The molecule has 0 fully saturated rings. The van der Waals surface area contributed by atoms with E-state index in [9.17, 15) is 4.57 Å². The lowest BCUT2D eigenvalue weighted by Gasteiger charge is -2.25. The van der Waals surface area contributed by atoms with E-state index < -0.39 is 13.4 Å². The molecule has 3 N–H and O–H groups in total. The average Bonchev–Trinajstić information content (AvgIpc) is 2.27. The summed E-state index contributed by atoms with van der Waals surface area (Å²) < 4.78 is 23.9. The summed E-state index contributed by atoms with van der Waals surface area (Å²) in [7, 11) is -3.20. The van der Waals surface area contributed by atoms with Gasteiger partial charge in [-0.3, -0.25) is 4.57 Å². The number of benzene rings is 1. The van der Waals surface area contributed by atoms with Crippen LogP contribution < -0.4 is 5.73 Å². The smallest absolute Gasteiger partial charge is 0.345 e. The van der Waals surface area contributed by atoms with Crippen LogP contribution in [0.15, 0.2) is 30.3 Å². The van der Waals surface area contributed by atoms with E-state index in [2.05, 4.69) is 5.73 Å². The number of hydrogen-bond acceptors (Lipinski definition) is 3. The summed E-state index contributed by atoms with van der Waals surface area (Å²) in [4.78, 5) is 0. The normalized spacial score (nSPS) is 14.1. The molecule has 0 heterocycles. The van der Waals surface area contributed by atoms with Crippen LogP contribution in [0.5, 0.6) is 0 Å². The van der Waals surface area contributed by atoms with Crippen molar-refractivity contribution in [2.45, 2.75) is 52.1 Å². The van der Waals surface area contributed by atoms with Crippen LogP contribution in [0.3, 0.4) is 0 Å². The standard InChI is InChI=1S/C14H24NO3P/c1-11(2)17-19(16,18-12(3)4)14(15)10-13-8-6-5-7-9-13/h5-9,11-12,14H,10,15H2,1-4H3/p+1/t14-/m1/s1. The second-order valence-electron chi connectivity index (χ2n) is 5.19. The number of quaternary nitrogens is 1. The molecular formula is C14H25NO3P+. The van der Waals surface area contributed by atoms with E-state index in [1.54, 1.807) is 0 Å². The first-order chi connectivity index (χ1) is 8.83. The van der Waals surface area contributed by atoms with Gasteiger partial charge in [0.25, 0.3) is 0 Å². The molecule has 0 aliphatic heterocycles. The van der Waals surface area contributed by atoms with E-state index in [4.69, 9.17) is 9.05 Å². The van der Waals surface area contributed by atoms with Gasteiger partial charge in [-0.15, -0.1) is 0 Å². The Kier molecular flexibility index (Phi) is 6.21. The molecule has 0 bridgehead atoms. The van der Waals surface area contributed by atoms with Crippen molar-refractivity contribution < 1.29 is 19.3 Å². The summed E-state index contributed by atoms with van der Waals surface area (Å²) in [5.74, 6) is -0.403. The van der Waals surface area contributed by atoms with E-state index >= 15 is 0 Å². The minimum absolute atomic E-state index is 0.149. The monoisotopic (exact) mass is 286 g/mol. The average molecular weight is 286 g/mol. The van der Waals surface area contributed by atoms with Crippen molar-refractivity contribution >= 4 is 7.60 Å². The molecule has 19 heavy (non-hydrogen) atoms. The van der Waals surface area contributed by atoms with E-state index in [0.717, 1.165) is 5.56 Å². The largest absolute Gasteiger partial charge is 0.388 e. The Balaban J connectivity index is 2.82. The Bertz CT molecular complexity index is 406. The first-order valence-electron chi connectivity index (χ1n) is 6.67. The van der Waals surface area contributed by atoms with E-state index in [1.807, 2.05) is 58.0 Å². The fraction of sp³-hybridized carbons (Fsp3) is 0.571. The zero-order chi connectivity index (χ0) is 14.5. The quantitative estimate of drug-likeness (QED) is 0.784. The lowest BCUT2D eigenvalue weighted by atomic mass is 10.2. The molecule has 1 rings (SSSR count). The predicted octanol–water partition coefficient (Wildman–Crippen LogP) is 2.84. The van der Waals surface area contributed by atoms with Gasteiger partial charge in [0, 0.05) is 6.42 Å². The minimum atomic E-state index is -3.20. The molecule has 0 radical (unpaired) electrons. The maximum atomic E-state index is 12.8. The Morgan fingerprint density at radius 1 is 1.05 bits per heavy atom. The minimum Gasteiger partial charge on any atom is -0.345 e. The van der Waals surface area contributed by atoms with Gasteiger partial charge in [-0.05, 0) is 33.3 Å². The lowest BCUT2D eigenvalue weighted by molar-refractivity contribution is -0.394. The molecule has 0 aliphatic rings. The second-order valence-corrected chi connectivity index (χ2v) is 7.42. The molecule has 0 saturated heterocycles. The van der Waals surface area contributed by atoms with Crippen LogP contribution >= 0.6 is 7.60 Å². The molecular weight excluding hydrogens is 261 g/mol. The molecule has 1 aromatic rings. The summed E-state index contributed by atoms with van der Waals surface area (Å²) >= 11 is 0. The number of hydrogen-bond donors (Lipinski definition) is 1. The molecule has 4 nitrogen and oxygen atoms in total. The van der Waals surface area contributed by atoms with Crippen LogP contribution in [-0.2, 0) is 20.0 Å². The van der Waals surface area contributed by atoms with Crippen molar-refractivity contribution in [3.8, 4) is 0 Å². The lowest BCUT2D eigenvalue weighted by Crippen LogP contribution is -2.62.